The number of carbonyl (C=O) groups excluding carboxylic acids is 1. The van der Waals surface area contributed by atoms with Crippen LogP contribution in [-0.2, 0) is 0 Å². The molecule has 0 radical (unpaired) electrons. The Morgan fingerprint density at radius 2 is 2.00 bits per heavy atom. The fourth-order valence-electron chi connectivity index (χ4n) is 3.12. The van der Waals surface area contributed by atoms with E-state index in [-0.39, 0.29) is 24.4 Å². The second kappa shape index (κ2) is 8.34. The molecule has 2 unspecified atom stereocenters. The number of nitrogens with zero attached hydrogens (tertiary/aromatic N) is 2. The molecule has 5 nitrogen and oxygen atoms in total. The highest BCUT2D eigenvalue weighted by Crippen LogP contribution is 2.23. The van der Waals surface area contributed by atoms with Gasteiger partial charge in [0, 0.05) is 17.6 Å². The number of hydrogen-bond acceptors (Lipinski definition) is 3. The molecule has 0 spiro atoms. The number of amides is 1. The summed E-state index contributed by atoms with van der Waals surface area (Å²) < 4.78 is 2.90. The summed E-state index contributed by atoms with van der Waals surface area (Å²) in [7, 11) is 0. The molecule has 3 rings (SSSR count). The molecule has 0 bridgehead atoms. The van der Waals surface area contributed by atoms with E-state index in [0.717, 1.165) is 40.9 Å². The Morgan fingerprint density at radius 3 is 2.56 bits per heavy atom. The monoisotopic (exact) mass is 426 g/mol. The third kappa shape index (κ3) is 4.25. The minimum Gasteiger partial charge on any atom is -0.348 e. The van der Waals surface area contributed by atoms with Gasteiger partial charge in [-0.05, 0) is 80.4 Å². The second-order valence-electron chi connectivity index (χ2n) is 6.41. The Morgan fingerprint density at radius 1 is 1.32 bits per heavy atom. The van der Waals surface area contributed by atoms with Crippen LogP contribution >= 0.6 is 28.3 Å². The Bertz CT molecular complexity index is 744. The number of rotatable bonds is 3. The van der Waals surface area contributed by atoms with E-state index >= 15 is 0 Å². The molecule has 2 aromatic rings. The molecule has 1 aliphatic rings. The van der Waals surface area contributed by atoms with Gasteiger partial charge < -0.3 is 10.6 Å². The summed E-state index contributed by atoms with van der Waals surface area (Å²) in [5, 5.41) is 11.1. The van der Waals surface area contributed by atoms with Crippen molar-refractivity contribution in [3.63, 3.8) is 0 Å². The van der Waals surface area contributed by atoms with Crippen LogP contribution in [-0.4, -0.2) is 34.3 Å². The van der Waals surface area contributed by atoms with Crippen molar-refractivity contribution in [3.8, 4) is 5.69 Å². The first-order valence-corrected chi connectivity index (χ1v) is 9.13. The van der Waals surface area contributed by atoms with Gasteiger partial charge >= 0.3 is 0 Å². The van der Waals surface area contributed by atoms with E-state index in [1.165, 1.54) is 0 Å². The Labute approximate surface area is 163 Å². The van der Waals surface area contributed by atoms with Gasteiger partial charge in [0.05, 0.1) is 21.5 Å². The Kier molecular flexibility index (Phi) is 6.65. The summed E-state index contributed by atoms with van der Waals surface area (Å²) in [5.41, 5.74) is 3.63. The van der Waals surface area contributed by atoms with Crippen molar-refractivity contribution in [2.75, 3.05) is 6.54 Å². The first kappa shape index (κ1) is 19.9. The first-order valence-electron chi connectivity index (χ1n) is 8.34. The summed E-state index contributed by atoms with van der Waals surface area (Å²) in [5.74, 6) is -0.0170. The summed E-state index contributed by atoms with van der Waals surface area (Å²) in [4.78, 5) is 12.5. The topological polar surface area (TPSA) is 59.0 Å². The highest BCUT2D eigenvalue weighted by Gasteiger charge is 2.22. The fraction of sp³-hybridized carbons (Fsp3) is 0.444. The molecule has 7 heteroatoms. The van der Waals surface area contributed by atoms with Gasteiger partial charge in [0.1, 0.15) is 0 Å². The van der Waals surface area contributed by atoms with E-state index in [4.69, 9.17) is 0 Å². The number of carbonyl (C=O) groups is 1. The highest BCUT2D eigenvalue weighted by atomic mass is 79.9. The van der Waals surface area contributed by atoms with E-state index < -0.39 is 0 Å². The molecule has 1 amide bonds. The van der Waals surface area contributed by atoms with Crippen LogP contribution in [0, 0.1) is 13.8 Å². The molecule has 2 N–H and O–H groups in total. The van der Waals surface area contributed by atoms with E-state index in [9.17, 15) is 4.79 Å². The second-order valence-corrected chi connectivity index (χ2v) is 7.20. The number of halogens is 2. The molecule has 1 aromatic carbocycles. The predicted octanol–water partition coefficient (Wildman–Crippen LogP) is 3.54. The van der Waals surface area contributed by atoms with Crippen LogP contribution in [0.1, 0.15) is 41.5 Å². The molecule has 1 fully saturated rings. The summed E-state index contributed by atoms with van der Waals surface area (Å²) >= 11 is 3.54. The van der Waals surface area contributed by atoms with Crippen molar-refractivity contribution in [3.05, 3.63) is 45.7 Å². The van der Waals surface area contributed by atoms with Crippen LogP contribution in [0.3, 0.4) is 0 Å². The molecule has 0 saturated carbocycles. The first-order chi connectivity index (χ1) is 11.5. The van der Waals surface area contributed by atoms with Gasteiger partial charge in [-0.1, -0.05) is 0 Å². The van der Waals surface area contributed by atoms with Gasteiger partial charge in [0.25, 0.3) is 5.91 Å². The minimum absolute atomic E-state index is 0. The Hall–Kier alpha value is -1.37. The van der Waals surface area contributed by atoms with Crippen LogP contribution in [0.5, 0.6) is 0 Å². The van der Waals surface area contributed by atoms with E-state index in [1.807, 2.05) is 42.8 Å². The van der Waals surface area contributed by atoms with Crippen LogP contribution in [0.4, 0.5) is 0 Å². The third-order valence-corrected chi connectivity index (χ3v) is 5.80. The number of piperidine rings is 1. The zero-order valence-corrected chi connectivity index (χ0v) is 17.1. The summed E-state index contributed by atoms with van der Waals surface area (Å²) in [6, 6.07) is 8.09. The lowest BCUT2D eigenvalue weighted by atomic mass is 9.99. The van der Waals surface area contributed by atoms with Crippen molar-refractivity contribution < 1.29 is 4.79 Å². The quantitative estimate of drug-likeness (QED) is 0.787. The average Bonchev–Trinajstić information content (AvgIpc) is 2.84. The SMILES string of the molecule is Cc1nn(-c2ccc(C(=O)NC3CCCNC3C)cc2)c(C)c1Br.Cl. The van der Waals surface area contributed by atoms with E-state index in [2.05, 4.69) is 38.6 Å². The van der Waals surface area contributed by atoms with Crippen molar-refractivity contribution in [1.29, 1.82) is 0 Å². The molecule has 2 heterocycles. The molecule has 1 aromatic heterocycles. The smallest absolute Gasteiger partial charge is 0.251 e. The number of aromatic nitrogens is 2. The number of benzene rings is 1. The molecular weight excluding hydrogens is 404 g/mol. The highest BCUT2D eigenvalue weighted by molar-refractivity contribution is 9.10. The van der Waals surface area contributed by atoms with Crippen LogP contribution in [0.2, 0.25) is 0 Å². The zero-order chi connectivity index (χ0) is 17.3. The van der Waals surface area contributed by atoms with Gasteiger partial charge in [-0.3, -0.25) is 4.79 Å². The maximum absolute atomic E-state index is 12.5. The van der Waals surface area contributed by atoms with Crippen LogP contribution in [0.15, 0.2) is 28.7 Å². The van der Waals surface area contributed by atoms with Gasteiger partial charge in [-0.25, -0.2) is 4.68 Å². The summed E-state index contributed by atoms with van der Waals surface area (Å²) in [6.45, 7) is 7.13. The normalized spacial score (nSPS) is 20.0. The van der Waals surface area contributed by atoms with Crippen molar-refractivity contribution >= 4 is 34.2 Å². The lowest BCUT2D eigenvalue weighted by Crippen LogP contribution is -2.51. The molecule has 0 aliphatic carbocycles. The molecule has 25 heavy (non-hydrogen) atoms. The van der Waals surface area contributed by atoms with E-state index in [0.29, 0.717) is 11.6 Å². The Balaban J connectivity index is 0.00000225. The van der Waals surface area contributed by atoms with Crippen LogP contribution in [0.25, 0.3) is 5.69 Å². The van der Waals surface area contributed by atoms with E-state index in [1.54, 1.807) is 0 Å². The molecule has 1 saturated heterocycles. The largest absolute Gasteiger partial charge is 0.348 e. The van der Waals surface area contributed by atoms with Crippen LogP contribution < -0.4 is 10.6 Å². The average molecular weight is 428 g/mol. The molecule has 2 atom stereocenters. The number of hydrogen-bond donors (Lipinski definition) is 2. The molecular formula is C18H24BrClN4O. The molecule has 136 valence electrons. The number of nitrogens with one attached hydrogen (secondary N) is 2. The lowest BCUT2D eigenvalue weighted by Gasteiger charge is -2.30. The minimum atomic E-state index is -0.0170. The van der Waals surface area contributed by atoms with Gasteiger partial charge in [0.2, 0.25) is 0 Å². The number of aryl methyl sites for hydroxylation is 1. The fourth-order valence-corrected chi connectivity index (χ4v) is 3.37. The van der Waals surface area contributed by atoms with Gasteiger partial charge in [-0.15, -0.1) is 12.4 Å². The van der Waals surface area contributed by atoms with Crippen molar-refractivity contribution in [2.45, 2.75) is 45.7 Å². The van der Waals surface area contributed by atoms with Gasteiger partial charge in [-0.2, -0.15) is 5.10 Å². The standard InChI is InChI=1S/C18H23BrN4O.ClH/c1-11-16(5-4-10-20-11)21-18(24)14-6-8-15(9-7-14)23-13(3)17(19)12(2)22-23;/h6-9,11,16,20H,4-5,10H2,1-3H3,(H,21,24);1H. The molecule has 1 aliphatic heterocycles. The van der Waals surface area contributed by atoms with Gasteiger partial charge in [0.15, 0.2) is 0 Å². The maximum Gasteiger partial charge on any atom is 0.251 e. The van der Waals surface area contributed by atoms with Crippen molar-refractivity contribution in [1.82, 2.24) is 20.4 Å². The predicted molar refractivity (Wildman–Crippen MR) is 106 cm³/mol. The third-order valence-electron chi connectivity index (χ3n) is 4.66. The lowest BCUT2D eigenvalue weighted by molar-refractivity contribution is 0.0920. The zero-order valence-electron chi connectivity index (χ0n) is 14.7. The maximum atomic E-state index is 12.5. The summed E-state index contributed by atoms with van der Waals surface area (Å²) in [6.07, 6.45) is 2.12. The van der Waals surface area contributed by atoms with Crippen molar-refractivity contribution in [2.24, 2.45) is 0 Å².